The highest BCUT2D eigenvalue weighted by atomic mass is 32.1. The smallest absolute Gasteiger partial charge is 0.260 e. The second kappa shape index (κ2) is 8.15. The van der Waals surface area contributed by atoms with Crippen molar-refractivity contribution < 1.29 is 14.3 Å². The third-order valence-corrected chi connectivity index (χ3v) is 5.04. The molecule has 0 fully saturated rings. The number of hydrogen-bond donors (Lipinski definition) is 0. The summed E-state index contributed by atoms with van der Waals surface area (Å²) in [6.45, 7) is 8.39. The number of likely N-dealkylation sites (N-methyl/N-ethyl adjacent to an activating group) is 1. The maximum Gasteiger partial charge on any atom is 0.260 e. The molecule has 0 aliphatic heterocycles. The Hall–Kier alpha value is -2.08. The van der Waals surface area contributed by atoms with Crippen LogP contribution < -0.4 is 9.47 Å². The van der Waals surface area contributed by atoms with Gasteiger partial charge >= 0.3 is 0 Å². The minimum absolute atomic E-state index is 0.0260. The number of ether oxygens (including phenoxy) is 2. The quantitative estimate of drug-likeness (QED) is 0.764. The number of benzene rings is 1. The van der Waals surface area contributed by atoms with Gasteiger partial charge in [0.05, 0.1) is 23.4 Å². The average molecular weight is 348 g/mol. The van der Waals surface area contributed by atoms with Gasteiger partial charge in [0.2, 0.25) is 0 Å². The molecule has 0 aliphatic rings. The predicted octanol–water partition coefficient (Wildman–Crippen LogP) is 3.76. The van der Waals surface area contributed by atoms with Crippen molar-refractivity contribution in [1.82, 2.24) is 9.88 Å². The van der Waals surface area contributed by atoms with E-state index >= 15 is 0 Å². The number of hydrogen-bond acceptors (Lipinski definition) is 5. The first-order valence-corrected chi connectivity index (χ1v) is 8.79. The van der Waals surface area contributed by atoms with Gasteiger partial charge in [0.15, 0.2) is 18.1 Å². The van der Waals surface area contributed by atoms with E-state index in [0.717, 1.165) is 15.6 Å². The zero-order valence-corrected chi connectivity index (χ0v) is 15.6. The van der Waals surface area contributed by atoms with Crippen LogP contribution in [0.4, 0.5) is 0 Å². The van der Waals surface area contributed by atoms with E-state index in [-0.39, 0.29) is 18.6 Å². The summed E-state index contributed by atoms with van der Waals surface area (Å²) >= 11 is 1.63. The Morgan fingerprint density at radius 3 is 2.42 bits per heavy atom. The van der Waals surface area contributed by atoms with Crippen LogP contribution in [0.5, 0.6) is 11.5 Å². The fourth-order valence-electron chi connectivity index (χ4n) is 2.41. The molecule has 2 aromatic rings. The van der Waals surface area contributed by atoms with Crippen LogP contribution >= 0.6 is 11.3 Å². The number of aryl methyl sites for hydroxylation is 2. The number of aromatic nitrogens is 1. The van der Waals surface area contributed by atoms with Crippen molar-refractivity contribution >= 4 is 17.2 Å². The molecule has 0 saturated carbocycles. The number of carbonyl (C=O) groups excluding carboxylic acids is 1. The number of amides is 1. The Morgan fingerprint density at radius 1 is 1.25 bits per heavy atom. The Kier molecular flexibility index (Phi) is 6.20. The van der Waals surface area contributed by atoms with Crippen molar-refractivity contribution in [3.8, 4) is 11.5 Å². The maximum absolute atomic E-state index is 12.5. The topological polar surface area (TPSA) is 51.7 Å². The highest BCUT2D eigenvalue weighted by Gasteiger charge is 2.22. The molecule has 24 heavy (non-hydrogen) atoms. The van der Waals surface area contributed by atoms with Gasteiger partial charge < -0.3 is 14.4 Å². The molecule has 130 valence electrons. The van der Waals surface area contributed by atoms with Gasteiger partial charge in [-0.2, -0.15) is 0 Å². The van der Waals surface area contributed by atoms with Gasteiger partial charge in [-0.05, 0) is 39.8 Å². The summed E-state index contributed by atoms with van der Waals surface area (Å²) in [4.78, 5) is 19.7. The largest absolute Gasteiger partial charge is 0.490 e. The van der Waals surface area contributed by atoms with Crippen LogP contribution in [0.15, 0.2) is 24.3 Å². The number of carbonyl (C=O) groups is 1. The Balaban J connectivity index is 2.00. The van der Waals surface area contributed by atoms with E-state index < -0.39 is 0 Å². The van der Waals surface area contributed by atoms with Crippen LogP contribution in [-0.2, 0) is 4.79 Å². The van der Waals surface area contributed by atoms with Gasteiger partial charge in [-0.15, -0.1) is 11.3 Å². The first-order chi connectivity index (χ1) is 11.4. The molecular weight excluding hydrogens is 324 g/mol. The van der Waals surface area contributed by atoms with Crippen molar-refractivity contribution in [1.29, 1.82) is 0 Å². The second-order valence-corrected chi connectivity index (χ2v) is 6.77. The summed E-state index contributed by atoms with van der Waals surface area (Å²) in [6.07, 6.45) is 0. The Labute approximate surface area is 147 Å². The molecule has 0 bridgehead atoms. The first kappa shape index (κ1) is 18.3. The Morgan fingerprint density at radius 2 is 1.88 bits per heavy atom. The molecule has 0 N–H and O–H groups in total. The maximum atomic E-state index is 12.5. The SMILES string of the molecule is CCOc1ccccc1OCC(=O)N(C)[C@H](C)c1sc(C)nc1C. The number of para-hydroxylation sites is 2. The summed E-state index contributed by atoms with van der Waals surface area (Å²) in [5, 5.41) is 1.01. The van der Waals surface area contributed by atoms with Crippen LogP contribution in [0.2, 0.25) is 0 Å². The molecule has 0 saturated heterocycles. The standard InChI is InChI=1S/C18H24N2O3S/c1-6-22-15-9-7-8-10-16(15)23-11-17(21)20(5)13(3)18-12(2)19-14(4)24-18/h7-10,13H,6,11H2,1-5H3/t13-/m1/s1. The molecule has 0 spiro atoms. The van der Waals surface area contributed by atoms with E-state index in [1.807, 2.05) is 45.9 Å². The number of nitrogens with zero attached hydrogens (tertiary/aromatic N) is 2. The highest BCUT2D eigenvalue weighted by molar-refractivity contribution is 7.11. The van der Waals surface area contributed by atoms with Crippen molar-refractivity contribution in [2.45, 2.75) is 33.7 Å². The molecule has 2 rings (SSSR count). The monoisotopic (exact) mass is 348 g/mol. The third-order valence-electron chi connectivity index (χ3n) is 3.79. The van der Waals surface area contributed by atoms with E-state index in [1.165, 1.54) is 0 Å². The second-order valence-electron chi connectivity index (χ2n) is 5.53. The van der Waals surface area contributed by atoms with Crippen molar-refractivity contribution in [3.05, 3.63) is 39.8 Å². The normalized spacial score (nSPS) is 11.9. The van der Waals surface area contributed by atoms with Crippen molar-refractivity contribution in [3.63, 3.8) is 0 Å². The van der Waals surface area contributed by atoms with E-state index in [0.29, 0.717) is 18.1 Å². The summed E-state index contributed by atoms with van der Waals surface area (Å²) in [5.41, 5.74) is 0.979. The Bertz CT molecular complexity index is 699. The van der Waals surface area contributed by atoms with E-state index in [1.54, 1.807) is 29.4 Å². The molecular formula is C18H24N2O3S. The fraction of sp³-hybridized carbons (Fsp3) is 0.444. The zero-order valence-electron chi connectivity index (χ0n) is 14.8. The molecule has 1 aromatic heterocycles. The van der Waals surface area contributed by atoms with E-state index in [9.17, 15) is 4.79 Å². The predicted molar refractivity (Wildman–Crippen MR) is 95.9 cm³/mol. The highest BCUT2D eigenvalue weighted by Crippen LogP contribution is 2.29. The minimum Gasteiger partial charge on any atom is -0.490 e. The molecule has 0 radical (unpaired) electrons. The molecule has 1 atom stereocenters. The van der Waals surface area contributed by atoms with Crippen molar-refractivity contribution in [2.75, 3.05) is 20.3 Å². The van der Waals surface area contributed by atoms with Crippen LogP contribution in [0, 0.1) is 13.8 Å². The molecule has 1 heterocycles. The lowest BCUT2D eigenvalue weighted by Gasteiger charge is -2.24. The minimum atomic E-state index is -0.0840. The van der Waals surface area contributed by atoms with Gasteiger partial charge in [0.1, 0.15) is 0 Å². The molecule has 1 amide bonds. The lowest BCUT2D eigenvalue weighted by atomic mass is 10.2. The lowest BCUT2D eigenvalue weighted by Crippen LogP contribution is -2.33. The molecule has 0 aliphatic carbocycles. The molecule has 1 aromatic carbocycles. The van der Waals surface area contributed by atoms with Gasteiger partial charge in [0, 0.05) is 11.9 Å². The summed E-state index contributed by atoms with van der Waals surface area (Å²) in [6, 6.07) is 7.34. The van der Waals surface area contributed by atoms with E-state index in [4.69, 9.17) is 9.47 Å². The van der Waals surface area contributed by atoms with E-state index in [2.05, 4.69) is 4.98 Å². The summed E-state index contributed by atoms with van der Waals surface area (Å²) in [5.74, 6) is 1.15. The number of thiazole rings is 1. The van der Waals surface area contributed by atoms with Gasteiger partial charge in [-0.3, -0.25) is 4.79 Å². The van der Waals surface area contributed by atoms with Crippen LogP contribution in [0.25, 0.3) is 0 Å². The fourth-order valence-corrected chi connectivity index (χ4v) is 3.43. The zero-order chi connectivity index (χ0) is 17.7. The molecule has 5 nitrogen and oxygen atoms in total. The van der Waals surface area contributed by atoms with Crippen LogP contribution in [0.1, 0.15) is 35.5 Å². The number of rotatable bonds is 7. The third kappa shape index (κ3) is 4.26. The van der Waals surface area contributed by atoms with Gasteiger partial charge in [-0.1, -0.05) is 12.1 Å². The van der Waals surface area contributed by atoms with Gasteiger partial charge in [-0.25, -0.2) is 4.98 Å². The summed E-state index contributed by atoms with van der Waals surface area (Å²) in [7, 11) is 1.79. The van der Waals surface area contributed by atoms with Crippen LogP contribution in [-0.4, -0.2) is 36.1 Å². The lowest BCUT2D eigenvalue weighted by molar-refractivity contribution is -0.133. The van der Waals surface area contributed by atoms with Crippen molar-refractivity contribution in [2.24, 2.45) is 0 Å². The molecule has 0 unspecified atom stereocenters. The molecule has 6 heteroatoms. The average Bonchev–Trinajstić information content (AvgIpc) is 2.91. The summed E-state index contributed by atoms with van der Waals surface area (Å²) < 4.78 is 11.2. The first-order valence-electron chi connectivity index (χ1n) is 7.98. The van der Waals surface area contributed by atoms with Gasteiger partial charge in [0.25, 0.3) is 5.91 Å². The van der Waals surface area contributed by atoms with Crippen LogP contribution in [0.3, 0.4) is 0 Å².